The molecule has 4 rings (SSSR count). The minimum absolute atomic E-state index is 0.107. The molecule has 0 radical (unpaired) electrons. The van der Waals surface area contributed by atoms with Crippen LogP contribution in [-0.2, 0) is 6.54 Å². The zero-order valence-electron chi connectivity index (χ0n) is 19.7. The van der Waals surface area contributed by atoms with Crippen LogP contribution in [0.1, 0.15) is 34.1 Å². The van der Waals surface area contributed by atoms with Gasteiger partial charge in [-0.15, -0.1) is 11.3 Å². The first-order valence-corrected chi connectivity index (χ1v) is 12.1. The summed E-state index contributed by atoms with van der Waals surface area (Å²) >= 11 is 1.42. The van der Waals surface area contributed by atoms with Crippen molar-refractivity contribution in [2.45, 2.75) is 26.8 Å². The summed E-state index contributed by atoms with van der Waals surface area (Å²) in [4.78, 5) is 28.5. The van der Waals surface area contributed by atoms with Gasteiger partial charge in [0.1, 0.15) is 17.0 Å². The van der Waals surface area contributed by atoms with Crippen molar-refractivity contribution in [3.8, 4) is 11.5 Å². The van der Waals surface area contributed by atoms with Crippen LogP contribution < -0.4 is 19.7 Å². The van der Waals surface area contributed by atoms with Gasteiger partial charge in [-0.25, -0.2) is 9.97 Å². The molecule has 0 atom stereocenters. The maximum Gasteiger partial charge on any atom is 0.261 e. The highest BCUT2D eigenvalue weighted by Gasteiger charge is 2.24. The summed E-state index contributed by atoms with van der Waals surface area (Å²) in [5.41, 5.74) is 1.87. The van der Waals surface area contributed by atoms with Crippen LogP contribution in [0.2, 0.25) is 0 Å². The van der Waals surface area contributed by atoms with Gasteiger partial charge in [0.05, 0.1) is 24.5 Å². The fraction of sp³-hybridized carbons (Fsp3) is 0.458. The normalized spacial score (nSPS) is 14.5. The van der Waals surface area contributed by atoms with Crippen molar-refractivity contribution in [2.24, 2.45) is 0 Å². The molecule has 3 aromatic rings. The number of hydrogen-bond donors (Lipinski definition) is 1. The molecule has 1 aliphatic rings. The topological polar surface area (TPSA) is 79.8 Å². The Kier molecular flexibility index (Phi) is 7.29. The van der Waals surface area contributed by atoms with E-state index in [1.165, 1.54) is 17.8 Å². The second-order valence-corrected chi connectivity index (χ2v) is 9.13. The summed E-state index contributed by atoms with van der Waals surface area (Å²) in [7, 11) is 3.20. The first-order chi connectivity index (χ1) is 16.0. The van der Waals surface area contributed by atoms with Gasteiger partial charge in [-0.2, -0.15) is 0 Å². The van der Waals surface area contributed by atoms with Crippen molar-refractivity contribution in [1.29, 1.82) is 0 Å². The number of anilines is 1. The zero-order chi connectivity index (χ0) is 23.4. The number of nitrogens with zero attached hydrogens (tertiary/aromatic N) is 4. The number of amides is 1. The lowest BCUT2D eigenvalue weighted by Gasteiger charge is -2.35. The SMILES string of the molecule is CCCN1CCN(c2ncnc3sc(C(=O)NCc4ccc(OC)c(OC)c4)c(C)c23)CC1. The van der Waals surface area contributed by atoms with Crippen molar-refractivity contribution in [3.63, 3.8) is 0 Å². The molecule has 9 heteroatoms. The van der Waals surface area contributed by atoms with E-state index in [1.807, 2.05) is 25.1 Å². The predicted octanol–water partition coefficient (Wildman–Crippen LogP) is 3.48. The molecule has 1 N–H and O–H groups in total. The first-order valence-electron chi connectivity index (χ1n) is 11.3. The van der Waals surface area contributed by atoms with Gasteiger partial charge in [0.25, 0.3) is 5.91 Å². The van der Waals surface area contributed by atoms with Gasteiger partial charge in [0.15, 0.2) is 11.5 Å². The van der Waals surface area contributed by atoms with E-state index in [-0.39, 0.29) is 5.91 Å². The predicted molar refractivity (Wildman–Crippen MR) is 132 cm³/mol. The standard InChI is InChI=1S/C24H31N5O3S/c1-5-8-28-9-11-29(12-10-28)22-20-16(2)21(33-24(20)27-15-26-22)23(30)25-14-17-6-7-18(31-3)19(13-17)32-4/h6-7,13,15H,5,8-12,14H2,1-4H3,(H,25,30). The van der Waals surface area contributed by atoms with Crippen LogP contribution in [0.3, 0.4) is 0 Å². The molecule has 8 nitrogen and oxygen atoms in total. The van der Waals surface area contributed by atoms with E-state index in [9.17, 15) is 4.79 Å². The zero-order valence-corrected chi connectivity index (χ0v) is 20.5. The number of hydrogen-bond acceptors (Lipinski definition) is 8. The summed E-state index contributed by atoms with van der Waals surface area (Å²) in [6, 6.07) is 5.63. The fourth-order valence-electron chi connectivity index (χ4n) is 4.26. The molecule has 1 aliphatic heterocycles. The number of carbonyl (C=O) groups is 1. The fourth-order valence-corrected chi connectivity index (χ4v) is 5.32. The molecule has 1 amide bonds. The van der Waals surface area contributed by atoms with Crippen molar-refractivity contribution in [2.75, 3.05) is 51.8 Å². The maximum atomic E-state index is 13.1. The van der Waals surface area contributed by atoms with Crippen molar-refractivity contribution in [1.82, 2.24) is 20.2 Å². The lowest BCUT2D eigenvalue weighted by atomic mass is 10.1. The quantitative estimate of drug-likeness (QED) is 0.541. The Labute approximate surface area is 198 Å². The minimum Gasteiger partial charge on any atom is -0.493 e. The van der Waals surface area contributed by atoms with Crippen molar-refractivity contribution >= 4 is 33.3 Å². The van der Waals surface area contributed by atoms with Gasteiger partial charge in [0.2, 0.25) is 0 Å². The number of piperazine rings is 1. The second kappa shape index (κ2) is 10.4. The number of rotatable bonds is 8. The van der Waals surface area contributed by atoms with Crippen molar-refractivity contribution in [3.05, 3.63) is 40.5 Å². The molecule has 0 bridgehead atoms. The number of ether oxygens (including phenoxy) is 2. The van der Waals surface area contributed by atoms with E-state index in [0.717, 1.165) is 59.9 Å². The van der Waals surface area contributed by atoms with Gasteiger partial charge in [-0.3, -0.25) is 9.69 Å². The Morgan fingerprint density at radius 1 is 1.12 bits per heavy atom. The van der Waals surface area contributed by atoms with Gasteiger partial charge < -0.3 is 19.7 Å². The molecule has 0 unspecified atom stereocenters. The monoisotopic (exact) mass is 469 g/mol. The number of carbonyl (C=O) groups excluding carboxylic acids is 1. The Bertz CT molecular complexity index is 1120. The molecule has 1 saturated heterocycles. The molecule has 33 heavy (non-hydrogen) atoms. The highest BCUT2D eigenvalue weighted by atomic mass is 32.1. The van der Waals surface area contributed by atoms with Gasteiger partial charge in [-0.05, 0) is 43.1 Å². The number of methoxy groups -OCH3 is 2. The maximum absolute atomic E-state index is 13.1. The molecular formula is C24H31N5O3S. The van der Waals surface area contributed by atoms with Gasteiger partial charge in [0, 0.05) is 32.7 Å². The van der Waals surface area contributed by atoms with Gasteiger partial charge >= 0.3 is 0 Å². The van der Waals surface area contributed by atoms with E-state index in [0.29, 0.717) is 22.9 Å². The molecule has 3 heterocycles. The summed E-state index contributed by atoms with van der Waals surface area (Å²) in [5.74, 6) is 2.13. The number of benzene rings is 1. The highest BCUT2D eigenvalue weighted by Crippen LogP contribution is 2.35. The number of aryl methyl sites for hydroxylation is 1. The number of aromatic nitrogens is 2. The third-order valence-corrected chi connectivity index (χ3v) is 7.22. The molecule has 0 spiro atoms. The van der Waals surface area contributed by atoms with E-state index in [1.54, 1.807) is 20.5 Å². The molecule has 0 aliphatic carbocycles. The van der Waals surface area contributed by atoms with Crippen LogP contribution >= 0.6 is 11.3 Å². The molecule has 0 saturated carbocycles. The second-order valence-electron chi connectivity index (χ2n) is 8.13. The van der Waals surface area contributed by atoms with E-state index >= 15 is 0 Å². The summed E-state index contributed by atoms with van der Waals surface area (Å²) in [5, 5.41) is 4.02. The van der Waals surface area contributed by atoms with E-state index in [2.05, 4.69) is 32.0 Å². The average molecular weight is 470 g/mol. The van der Waals surface area contributed by atoms with E-state index < -0.39 is 0 Å². The summed E-state index contributed by atoms with van der Waals surface area (Å²) in [6.07, 6.45) is 2.78. The summed E-state index contributed by atoms with van der Waals surface area (Å²) < 4.78 is 10.6. The third-order valence-electron chi connectivity index (χ3n) is 6.03. The van der Waals surface area contributed by atoms with E-state index in [4.69, 9.17) is 9.47 Å². The number of fused-ring (bicyclic) bond motifs is 1. The minimum atomic E-state index is -0.107. The lowest BCUT2D eigenvalue weighted by molar-refractivity contribution is 0.0954. The van der Waals surface area contributed by atoms with Crippen LogP contribution in [0.4, 0.5) is 5.82 Å². The highest BCUT2D eigenvalue weighted by molar-refractivity contribution is 7.20. The van der Waals surface area contributed by atoms with Crippen LogP contribution in [0.5, 0.6) is 11.5 Å². The Morgan fingerprint density at radius 3 is 2.58 bits per heavy atom. The Balaban J connectivity index is 1.51. The molecule has 176 valence electrons. The van der Waals surface area contributed by atoms with Crippen molar-refractivity contribution < 1.29 is 14.3 Å². The molecule has 1 aromatic carbocycles. The van der Waals surface area contributed by atoms with Crippen LogP contribution in [0.25, 0.3) is 10.2 Å². The Hall–Kier alpha value is -2.91. The number of thiophene rings is 1. The molecular weight excluding hydrogens is 438 g/mol. The lowest BCUT2D eigenvalue weighted by Crippen LogP contribution is -2.46. The van der Waals surface area contributed by atoms with Crippen LogP contribution in [0, 0.1) is 6.92 Å². The van der Waals surface area contributed by atoms with Gasteiger partial charge in [-0.1, -0.05) is 13.0 Å². The Morgan fingerprint density at radius 2 is 1.88 bits per heavy atom. The molecule has 1 fully saturated rings. The summed E-state index contributed by atoms with van der Waals surface area (Å²) in [6.45, 7) is 9.66. The van der Waals surface area contributed by atoms with Crippen LogP contribution in [0.15, 0.2) is 24.5 Å². The first kappa shape index (κ1) is 23.3. The third kappa shape index (κ3) is 4.89. The molecule has 2 aromatic heterocycles. The smallest absolute Gasteiger partial charge is 0.261 e. The van der Waals surface area contributed by atoms with Crippen LogP contribution in [-0.4, -0.2) is 67.7 Å². The number of nitrogens with one attached hydrogen (secondary N) is 1. The average Bonchev–Trinajstić information content (AvgIpc) is 3.19. The largest absolute Gasteiger partial charge is 0.493 e.